The van der Waals surface area contributed by atoms with E-state index in [0.29, 0.717) is 6.54 Å². The maximum Gasteiger partial charge on any atom is 0.257 e. The van der Waals surface area contributed by atoms with Crippen LogP contribution in [0.4, 0.5) is 0 Å². The van der Waals surface area contributed by atoms with Gasteiger partial charge in [-0.3, -0.25) is 14.7 Å². The summed E-state index contributed by atoms with van der Waals surface area (Å²) in [6.45, 7) is 4.08. The Hall–Kier alpha value is -2.35. The average molecular weight is 425 g/mol. The van der Waals surface area contributed by atoms with Crippen LogP contribution in [0.1, 0.15) is 34.8 Å². The Morgan fingerprint density at radius 1 is 1.17 bits per heavy atom. The molecule has 0 bridgehead atoms. The minimum Gasteiger partial charge on any atom is -0.294 e. The predicted octanol–water partition coefficient (Wildman–Crippen LogP) is 4.45. The number of thiophene rings is 2. The van der Waals surface area contributed by atoms with Crippen LogP contribution in [0.5, 0.6) is 0 Å². The van der Waals surface area contributed by atoms with Crippen molar-refractivity contribution in [3.8, 4) is 0 Å². The lowest BCUT2D eigenvalue weighted by Gasteiger charge is -2.25. The molecule has 4 rings (SSSR count). The molecule has 7 heteroatoms. The maximum atomic E-state index is 13.2. The van der Waals surface area contributed by atoms with Gasteiger partial charge >= 0.3 is 0 Å². The molecule has 0 radical (unpaired) electrons. The first-order valence-electron chi connectivity index (χ1n) is 9.83. The maximum absolute atomic E-state index is 13.2. The van der Waals surface area contributed by atoms with E-state index in [-0.39, 0.29) is 11.9 Å². The highest BCUT2D eigenvalue weighted by Crippen LogP contribution is 2.35. The van der Waals surface area contributed by atoms with Crippen molar-refractivity contribution in [2.24, 2.45) is 5.10 Å². The van der Waals surface area contributed by atoms with Crippen molar-refractivity contribution < 1.29 is 4.79 Å². The molecule has 150 valence electrons. The van der Waals surface area contributed by atoms with Crippen LogP contribution in [0.25, 0.3) is 0 Å². The van der Waals surface area contributed by atoms with E-state index in [0.717, 1.165) is 42.2 Å². The summed E-state index contributed by atoms with van der Waals surface area (Å²) in [6, 6.07) is 14.2. The number of aromatic nitrogens is 1. The zero-order valence-electron chi connectivity index (χ0n) is 16.4. The van der Waals surface area contributed by atoms with Crippen LogP contribution in [0.15, 0.2) is 64.5 Å². The predicted molar refractivity (Wildman–Crippen MR) is 119 cm³/mol. The fourth-order valence-corrected chi connectivity index (χ4v) is 5.00. The molecule has 3 aromatic rings. The first-order chi connectivity index (χ1) is 14.2. The zero-order chi connectivity index (χ0) is 20.1. The van der Waals surface area contributed by atoms with Gasteiger partial charge in [-0.1, -0.05) is 25.1 Å². The van der Waals surface area contributed by atoms with Gasteiger partial charge in [0.05, 0.1) is 23.2 Å². The van der Waals surface area contributed by atoms with Gasteiger partial charge in [-0.2, -0.15) is 5.10 Å². The number of hydrogen-bond acceptors (Lipinski definition) is 6. The second kappa shape index (κ2) is 9.43. The van der Waals surface area contributed by atoms with Crippen molar-refractivity contribution >= 4 is 34.3 Å². The monoisotopic (exact) mass is 424 g/mol. The van der Waals surface area contributed by atoms with E-state index in [1.54, 1.807) is 27.7 Å². The molecule has 0 aromatic carbocycles. The van der Waals surface area contributed by atoms with Crippen LogP contribution in [-0.2, 0) is 11.2 Å². The number of carbonyl (C=O) groups excluding carboxylic acids is 1. The first kappa shape index (κ1) is 19.9. The van der Waals surface area contributed by atoms with E-state index in [9.17, 15) is 4.79 Å². The summed E-state index contributed by atoms with van der Waals surface area (Å²) in [5, 5.41) is 10.6. The van der Waals surface area contributed by atoms with Gasteiger partial charge in [0.15, 0.2) is 0 Å². The average Bonchev–Trinajstić information content (AvgIpc) is 3.51. The smallest absolute Gasteiger partial charge is 0.257 e. The van der Waals surface area contributed by atoms with Gasteiger partial charge in [0.1, 0.15) is 0 Å². The molecule has 1 aliphatic rings. The van der Waals surface area contributed by atoms with Gasteiger partial charge in [0, 0.05) is 36.2 Å². The second-order valence-electron chi connectivity index (χ2n) is 6.94. The summed E-state index contributed by atoms with van der Waals surface area (Å²) in [5.74, 6) is 0.0535. The van der Waals surface area contributed by atoms with Crippen LogP contribution < -0.4 is 0 Å². The van der Waals surface area contributed by atoms with E-state index in [2.05, 4.69) is 39.7 Å². The second-order valence-corrected chi connectivity index (χ2v) is 8.86. The first-order valence-corrected chi connectivity index (χ1v) is 11.6. The van der Waals surface area contributed by atoms with E-state index >= 15 is 0 Å². The van der Waals surface area contributed by atoms with E-state index in [4.69, 9.17) is 5.10 Å². The van der Waals surface area contributed by atoms with Gasteiger partial charge in [-0.05, 0) is 41.6 Å². The Bertz CT molecular complexity index is 939. The minimum absolute atomic E-state index is 0.00547. The standard InChI is InChI=1S/C22H24N4OS2/c1-2-25(12-10-17-7-3-4-11-23-17)16-22(27)26-19(21-9-6-14-29-21)15-18(24-26)20-8-5-13-28-20/h3-9,11,13-14,19H,2,10,12,15-16H2,1H3/t19-/m0/s1. The molecule has 1 amide bonds. The summed E-state index contributed by atoms with van der Waals surface area (Å²) in [6.07, 6.45) is 3.42. The summed E-state index contributed by atoms with van der Waals surface area (Å²) < 4.78 is 0. The topological polar surface area (TPSA) is 48.8 Å². The van der Waals surface area contributed by atoms with Gasteiger partial charge in [-0.15, -0.1) is 22.7 Å². The molecule has 5 nitrogen and oxygen atoms in total. The van der Waals surface area contributed by atoms with E-state index < -0.39 is 0 Å². The minimum atomic E-state index is -0.00547. The molecule has 0 fully saturated rings. The van der Waals surface area contributed by atoms with E-state index in [1.807, 2.05) is 36.5 Å². The highest BCUT2D eigenvalue weighted by Gasteiger charge is 2.34. The highest BCUT2D eigenvalue weighted by molar-refractivity contribution is 7.12. The molecule has 3 aromatic heterocycles. The molecule has 4 heterocycles. The molecule has 0 N–H and O–H groups in total. The molecule has 0 saturated heterocycles. The van der Waals surface area contributed by atoms with Crippen LogP contribution in [-0.4, -0.2) is 46.1 Å². The molecule has 0 unspecified atom stereocenters. The quantitative estimate of drug-likeness (QED) is 0.537. The molecule has 1 aliphatic heterocycles. The number of nitrogens with zero attached hydrogens (tertiary/aromatic N) is 4. The third-order valence-corrected chi connectivity index (χ3v) is 6.95. The number of rotatable bonds is 8. The number of likely N-dealkylation sites (N-methyl/N-ethyl adjacent to an activating group) is 1. The fraction of sp³-hybridized carbons (Fsp3) is 0.318. The number of hydrogen-bond donors (Lipinski definition) is 0. The lowest BCUT2D eigenvalue weighted by molar-refractivity contribution is -0.134. The van der Waals surface area contributed by atoms with Gasteiger partial charge in [-0.25, -0.2) is 5.01 Å². The largest absolute Gasteiger partial charge is 0.294 e. The summed E-state index contributed by atoms with van der Waals surface area (Å²) >= 11 is 3.36. The zero-order valence-corrected chi connectivity index (χ0v) is 18.0. The third kappa shape index (κ3) is 4.80. The van der Waals surface area contributed by atoms with Gasteiger partial charge in [0.2, 0.25) is 0 Å². The lowest BCUT2D eigenvalue weighted by Crippen LogP contribution is -2.39. The Morgan fingerprint density at radius 3 is 2.72 bits per heavy atom. The molecular formula is C22H24N4OS2. The van der Waals surface area contributed by atoms with Crippen molar-refractivity contribution in [1.82, 2.24) is 14.9 Å². The van der Waals surface area contributed by atoms with Crippen molar-refractivity contribution in [2.75, 3.05) is 19.6 Å². The Labute approximate surface area is 179 Å². The van der Waals surface area contributed by atoms with Gasteiger partial charge < -0.3 is 0 Å². The Kier molecular flexibility index (Phi) is 6.49. The van der Waals surface area contributed by atoms with Crippen LogP contribution in [0, 0.1) is 0 Å². The van der Waals surface area contributed by atoms with Crippen molar-refractivity contribution in [3.05, 3.63) is 74.9 Å². The summed E-state index contributed by atoms with van der Waals surface area (Å²) in [5.41, 5.74) is 2.05. The Balaban J connectivity index is 1.46. The van der Waals surface area contributed by atoms with E-state index in [1.165, 1.54) is 4.88 Å². The lowest BCUT2D eigenvalue weighted by atomic mass is 10.1. The molecule has 0 aliphatic carbocycles. The normalized spacial score (nSPS) is 16.4. The number of amides is 1. The van der Waals surface area contributed by atoms with Crippen LogP contribution >= 0.6 is 22.7 Å². The molecular weight excluding hydrogens is 400 g/mol. The molecule has 0 spiro atoms. The Morgan fingerprint density at radius 2 is 2.03 bits per heavy atom. The van der Waals surface area contributed by atoms with Crippen molar-refractivity contribution in [3.63, 3.8) is 0 Å². The highest BCUT2D eigenvalue weighted by atomic mass is 32.1. The number of pyridine rings is 1. The van der Waals surface area contributed by atoms with Crippen molar-refractivity contribution in [1.29, 1.82) is 0 Å². The molecule has 29 heavy (non-hydrogen) atoms. The fourth-order valence-electron chi connectivity index (χ4n) is 3.47. The summed E-state index contributed by atoms with van der Waals surface area (Å²) in [7, 11) is 0. The molecule has 1 atom stereocenters. The molecule has 0 saturated carbocycles. The van der Waals surface area contributed by atoms with Crippen molar-refractivity contribution in [2.45, 2.75) is 25.8 Å². The SMILES string of the molecule is CCN(CCc1ccccn1)CC(=O)N1N=C(c2cccs2)C[C@H]1c1cccs1. The third-order valence-electron chi connectivity index (χ3n) is 5.06. The number of hydrazone groups is 1. The summed E-state index contributed by atoms with van der Waals surface area (Å²) in [4.78, 5) is 22.1. The van der Waals surface area contributed by atoms with Crippen LogP contribution in [0.2, 0.25) is 0 Å². The number of carbonyl (C=O) groups is 1. The van der Waals surface area contributed by atoms with Gasteiger partial charge in [0.25, 0.3) is 5.91 Å². The van der Waals surface area contributed by atoms with Crippen LogP contribution in [0.3, 0.4) is 0 Å².